The third-order valence-corrected chi connectivity index (χ3v) is 3.66. The molecule has 19 heavy (non-hydrogen) atoms. The summed E-state index contributed by atoms with van der Waals surface area (Å²) in [6.07, 6.45) is 1.34. The van der Waals surface area contributed by atoms with Crippen LogP contribution in [0.5, 0.6) is 0 Å². The number of hydrogen-bond donors (Lipinski definition) is 2. The van der Waals surface area contributed by atoms with E-state index in [9.17, 15) is 14.4 Å². The van der Waals surface area contributed by atoms with Crippen molar-refractivity contribution < 1.29 is 4.79 Å². The summed E-state index contributed by atoms with van der Waals surface area (Å²) in [4.78, 5) is 38.9. The molecule has 1 amide bonds. The SMILES string of the molecule is C[C@H]1CNCCN1C(=O)Cn1cc(Br)c(=O)[nH]c1=O. The number of hydrogen-bond acceptors (Lipinski definition) is 4. The summed E-state index contributed by atoms with van der Waals surface area (Å²) in [7, 11) is 0. The summed E-state index contributed by atoms with van der Waals surface area (Å²) < 4.78 is 1.43. The number of rotatable bonds is 2. The summed E-state index contributed by atoms with van der Waals surface area (Å²) in [5.41, 5.74) is -1.08. The number of piperazine rings is 1. The highest BCUT2D eigenvalue weighted by molar-refractivity contribution is 9.10. The molecule has 2 N–H and O–H groups in total. The molecule has 8 heteroatoms. The number of aromatic amines is 1. The molecule has 1 aromatic heterocycles. The van der Waals surface area contributed by atoms with Crippen molar-refractivity contribution >= 4 is 21.8 Å². The van der Waals surface area contributed by atoms with Crippen LogP contribution in [-0.2, 0) is 11.3 Å². The van der Waals surface area contributed by atoms with Crippen LogP contribution >= 0.6 is 15.9 Å². The number of nitrogens with zero attached hydrogens (tertiary/aromatic N) is 2. The number of carbonyl (C=O) groups is 1. The lowest BCUT2D eigenvalue weighted by Gasteiger charge is -2.34. The zero-order chi connectivity index (χ0) is 14.0. The van der Waals surface area contributed by atoms with Crippen molar-refractivity contribution in [3.63, 3.8) is 0 Å². The Bertz CT molecular complexity index is 594. The van der Waals surface area contributed by atoms with Gasteiger partial charge < -0.3 is 10.2 Å². The van der Waals surface area contributed by atoms with Gasteiger partial charge in [-0.15, -0.1) is 0 Å². The topological polar surface area (TPSA) is 87.2 Å². The molecule has 104 valence electrons. The van der Waals surface area contributed by atoms with E-state index in [0.29, 0.717) is 6.54 Å². The van der Waals surface area contributed by atoms with E-state index in [1.165, 1.54) is 10.8 Å². The first-order valence-corrected chi connectivity index (χ1v) is 6.78. The quantitative estimate of drug-likeness (QED) is 0.737. The van der Waals surface area contributed by atoms with Gasteiger partial charge in [0.15, 0.2) is 0 Å². The van der Waals surface area contributed by atoms with Crippen molar-refractivity contribution in [3.05, 3.63) is 31.5 Å². The first-order valence-electron chi connectivity index (χ1n) is 5.98. The van der Waals surface area contributed by atoms with E-state index in [4.69, 9.17) is 0 Å². The highest BCUT2D eigenvalue weighted by Crippen LogP contribution is 2.04. The Morgan fingerprint density at radius 2 is 2.26 bits per heavy atom. The van der Waals surface area contributed by atoms with Crippen LogP contribution in [0.15, 0.2) is 20.3 Å². The molecule has 1 aromatic rings. The molecule has 0 spiro atoms. The summed E-state index contributed by atoms with van der Waals surface area (Å²) in [5, 5.41) is 3.19. The molecule has 0 unspecified atom stereocenters. The lowest BCUT2D eigenvalue weighted by molar-refractivity contribution is -0.134. The molecule has 2 rings (SSSR count). The molecule has 0 aromatic carbocycles. The van der Waals surface area contributed by atoms with Gasteiger partial charge in [-0.25, -0.2) is 4.79 Å². The highest BCUT2D eigenvalue weighted by Gasteiger charge is 2.23. The van der Waals surface area contributed by atoms with E-state index in [0.717, 1.165) is 13.1 Å². The molecule has 7 nitrogen and oxygen atoms in total. The smallest absolute Gasteiger partial charge is 0.328 e. The van der Waals surface area contributed by atoms with E-state index >= 15 is 0 Å². The van der Waals surface area contributed by atoms with Gasteiger partial charge >= 0.3 is 5.69 Å². The number of H-pyrrole nitrogens is 1. The highest BCUT2D eigenvalue weighted by atomic mass is 79.9. The zero-order valence-corrected chi connectivity index (χ0v) is 12.1. The molecule has 1 aliphatic heterocycles. The second-order valence-electron chi connectivity index (χ2n) is 4.50. The third-order valence-electron chi connectivity index (χ3n) is 3.09. The van der Waals surface area contributed by atoms with Gasteiger partial charge in [0.1, 0.15) is 6.54 Å². The summed E-state index contributed by atoms with van der Waals surface area (Å²) in [6, 6.07) is 0.100. The molecule has 0 aliphatic carbocycles. The van der Waals surface area contributed by atoms with Gasteiger partial charge in [0.2, 0.25) is 5.91 Å². The van der Waals surface area contributed by atoms with E-state index < -0.39 is 11.2 Å². The average Bonchev–Trinajstić information content (AvgIpc) is 2.36. The maximum Gasteiger partial charge on any atom is 0.328 e. The van der Waals surface area contributed by atoms with Crippen LogP contribution in [0.1, 0.15) is 6.92 Å². The van der Waals surface area contributed by atoms with Crippen LogP contribution in [0.4, 0.5) is 0 Å². The van der Waals surface area contributed by atoms with E-state index in [1.807, 2.05) is 6.92 Å². The molecule has 1 aliphatic rings. The molecule has 1 fully saturated rings. The lowest BCUT2D eigenvalue weighted by atomic mass is 10.2. The number of halogens is 1. The van der Waals surface area contributed by atoms with E-state index in [-0.39, 0.29) is 23.0 Å². The summed E-state index contributed by atoms with van der Waals surface area (Å²) >= 11 is 3.04. The fourth-order valence-corrected chi connectivity index (χ4v) is 2.39. The van der Waals surface area contributed by atoms with Gasteiger partial charge in [-0.2, -0.15) is 0 Å². The molecule has 0 saturated carbocycles. The lowest BCUT2D eigenvalue weighted by Crippen LogP contribution is -2.53. The maximum atomic E-state index is 12.2. The second kappa shape index (κ2) is 5.70. The first-order chi connectivity index (χ1) is 8.99. The molecule has 2 heterocycles. The van der Waals surface area contributed by atoms with Gasteiger partial charge in [0.05, 0.1) is 4.47 Å². The van der Waals surface area contributed by atoms with Crippen molar-refractivity contribution in [2.45, 2.75) is 19.5 Å². The maximum absolute atomic E-state index is 12.2. The predicted molar refractivity (Wildman–Crippen MR) is 73.1 cm³/mol. The van der Waals surface area contributed by atoms with Crippen molar-refractivity contribution in [2.24, 2.45) is 0 Å². The predicted octanol–water partition coefficient (Wildman–Crippen LogP) is -0.881. The summed E-state index contributed by atoms with van der Waals surface area (Å²) in [5.74, 6) is -0.130. The average molecular weight is 331 g/mol. The van der Waals surface area contributed by atoms with Gasteiger partial charge in [-0.05, 0) is 22.9 Å². The van der Waals surface area contributed by atoms with E-state index in [2.05, 4.69) is 26.2 Å². The molecule has 1 saturated heterocycles. The van der Waals surface area contributed by atoms with Crippen LogP contribution < -0.4 is 16.6 Å². The molecule has 0 bridgehead atoms. The Kier molecular flexibility index (Phi) is 4.20. The summed E-state index contributed by atoms with van der Waals surface area (Å²) in [6.45, 7) is 4.00. The Morgan fingerprint density at radius 1 is 1.53 bits per heavy atom. The Hall–Kier alpha value is -1.41. The Balaban J connectivity index is 2.17. The normalized spacial score (nSPS) is 19.5. The van der Waals surface area contributed by atoms with Gasteiger partial charge in [0, 0.05) is 31.9 Å². The van der Waals surface area contributed by atoms with Crippen LogP contribution in [0.2, 0.25) is 0 Å². The van der Waals surface area contributed by atoms with Crippen LogP contribution in [-0.4, -0.2) is 46.0 Å². The van der Waals surface area contributed by atoms with E-state index in [1.54, 1.807) is 4.90 Å². The molecule has 1 atom stereocenters. The van der Waals surface area contributed by atoms with Crippen molar-refractivity contribution in [3.8, 4) is 0 Å². The Labute approximate surface area is 117 Å². The van der Waals surface area contributed by atoms with Crippen molar-refractivity contribution in [1.29, 1.82) is 0 Å². The van der Waals surface area contributed by atoms with Crippen LogP contribution in [0.3, 0.4) is 0 Å². The third kappa shape index (κ3) is 3.13. The number of amides is 1. The van der Waals surface area contributed by atoms with Gasteiger partial charge in [-0.3, -0.25) is 19.1 Å². The first kappa shape index (κ1) is 14.0. The monoisotopic (exact) mass is 330 g/mol. The van der Waals surface area contributed by atoms with Crippen LogP contribution in [0.25, 0.3) is 0 Å². The standard InChI is InChI=1S/C11H15BrN4O3/c1-7-4-13-2-3-16(7)9(17)6-15-5-8(12)10(18)14-11(15)19/h5,7,13H,2-4,6H2,1H3,(H,14,18,19)/t7-/m0/s1. The van der Waals surface area contributed by atoms with Crippen molar-refractivity contribution in [2.75, 3.05) is 19.6 Å². The van der Waals surface area contributed by atoms with Gasteiger partial charge in [-0.1, -0.05) is 0 Å². The zero-order valence-electron chi connectivity index (χ0n) is 10.5. The minimum Gasteiger partial charge on any atom is -0.336 e. The largest absolute Gasteiger partial charge is 0.336 e. The second-order valence-corrected chi connectivity index (χ2v) is 5.36. The molecular weight excluding hydrogens is 316 g/mol. The van der Waals surface area contributed by atoms with Gasteiger partial charge in [0.25, 0.3) is 5.56 Å². The number of carbonyl (C=O) groups excluding carboxylic acids is 1. The Morgan fingerprint density at radius 3 is 2.95 bits per heavy atom. The fraction of sp³-hybridized carbons (Fsp3) is 0.545. The van der Waals surface area contributed by atoms with Crippen molar-refractivity contribution in [1.82, 2.24) is 19.8 Å². The minimum absolute atomic E-state index is 0.0709. The number of nitrogens with one attached hydrogen (secondary N) is 2. The fourth-order valence-electron chi connectivity index (χ4n) is 2.05. The van der Waals surface area contributed by atoms with Crippen LogP contribution in [0, 0.1) is 0 Å². The molecule has 0 radical (unpaired) electrons. The minimum atomic E-state index is -0.579. The number of aromatic nitrogens is 2. The molecular formula is C11H15BrN4O3.